The number of rotatable bonds is 2. The van der Waals surface area contributed by atoms with Gasteiger partial charge in [0.25, 0.3) is 0 Å². The largest absolute Gasteiger partial charge is 0.389 e. The maximum absolute atomic E-state index is 9.74. The lowest BCUT2D eigenvalue weighted by atomic mass is 9.95. The molecule has 1 heterocycles. The fraction of sp³-hybridized carbons (Fsp3) is 0.556. The molecule has 20 heavy (non-hydrogen) atoms. The van der Waals surface area contributed by atoms with Crippen molar-refractivity contribution in [1.82, 2.24) is 0 Å². The molecular weight excluding hydrogens is 246 g/mol. The zero-order valence-electron chi connectivity index (χ0n) is 13.0. The van der Waals surface area contributed by atoms with Crippen molar-refractivity contribution in [2.24, 2.45) is 0 Å². The second-order valence-corrected chi connectivity index (χ2v) is 6.48. The van der Waals surface area contributed by atoms with E-state index < -0.39 is 5.60 Å². The molecule has 0 fully saturated rings. The lowest BCUT2D eigenvalue weighted by molar-refractivity contribution is 0.0862. The minimum Gasteiger partial charge on any atom is -0.389 e. The van der Waals surface area contributed by atoms with Crippen LogP contribution in [0.2, 0.25) is 0 Å². The summed E-state index contributed by atoms with van der Waals surface area (Å²) in [6, 6.07) is 6.91. The predicted molar refractivity (Wildman–Crippen MR) is 85.0 cm³/mol. The van der Waals surface area contributed by atoms with Crippen LogP contribution in [0.1, 0.15) is 51.7 Å². The smallest absolute Gasteiger partial charge is 0.0700 e. The maximum atomic E-state index is 9.74. The number of nitrogens with zero attached hydrogens (tertiary/aromatic N) is 1. The van der Waals surface area contributed by atoms with Crippen LogP contribution in [-0.2, 0) is 6.42 Å². The molecule has 1 aliphatic heterocycles. The van der Waals surface area contributed by atoms with Crippen LogP contribution in [-0.4, -0.2) is 23.3 Å². The van der Waals surface area contributed by atoms with Gasteiger partial charge in [-0.3, -0.25) is 0 Å². The zero-order valence-corrected chi connectivity index (χ0v) is 13.0. The van der Waals surface area contributed by atoms with E-state index in [-0.39, 0.29) is 0 Å². The number of fused-ring (bicyclic) bond motifs is 1. The lowest BCUT2D eigenvalue weighted by Crippen LogP contribution is -2.35. The van der Waals surface area contributed by atoms with E-state index in [1.165, 1.54) is 17.7 Å². The summed E-state index contributed by atoms with van der Waals surface area (Å²) >= 11 is 0. The molecule has 0 spiro atoms. The summed E-state index contributed by atoms with van der Waals surface area (Å²) < 4.78 is 0. The molecule has 0 saturated carbocycles. The normalized spacial score (nSPS) is 14.8. The Hall–Kier alpha value is -1.46. The highest BCUT2D eigenvalue weighted by molar-refractivity contribution is 5.62. The summed E-state index contributed by atoms with van der Waals surface area (Å²) in [6.45, 7) is 9.19. The Labute approximate surface area is 122 Å². The molecule has 2 nitrogen and oxygen atoms in total. The first kappa shape index (κ1) is 14.9. The Bertz CT molecular complexity index is 529. The Morgan fingerprint density at radius 2 is 2.10 bits per heavy atom. The minimum absolute atomic E-state index is 0.505. The van der Waals surface area contributed by atoms with E-state index in [0.717, 1.165) is 18.5 Å². The molecule has 1 N–H and O–H groups in total. The minimum atomic E-state index is -0.716. The van der Waals surface area contributed by atoms with Crippen LogP contribution in [0.3, 0.4) is 0 Å². The maximum Gasteiger partial charge on any atom is 0.0700 e. The summed E-state index contributed by atoms with van der Waals surface area (Å²) in [5.74, 6) is 6.37. The van der Waals surface area contributed by atoms with E-state index in [1.54, 1.807) is 13.8 Å². The summed E-state index contributed by atoms with van der Waals surface area (Å²) in [6.07, 6.45) is 2.80. The first-order valence-electron chi connectivity index (χ1n) is 7.48. The van der Waals surface area contributed by atoms with Crippen LogP contribution < -0.4 is 4.90 Å². The average molecular weight is 271 g/mol. The van der Waals surface area contributed by atoms with Crippen molar-refractivity contribution < 1.29 is 5.11 Å². The number of aliphatic hydroxyl groups is 1. The highest BCUT2D eigenvalue weighted by Gasteiger charge is 2.20. The summed E-state index contributed by atoms with van der Waals surface area (Å²) in [7, 11) is 0. The Balaban J connectivity index is 2.30. The van der Waals surface area contributed by atoms with E-state index in [4.69, 9.17) is 0 Å². The Morgan fingerprint density at radius 3 is 2.75 bits per heavy atom. The van der Waals surface area contributed by atoms with E-state index in [2.05, 4.69) is 48.8 Å². The third-order valence-corrected chi connectivity index (χ3v) is 3.65. The van der Waals surface area contributed by atoms with Gasteiger partial charge in [-0.1, -0.05) is 17.9 Å². The van der Waals surface area contributed by atoms with Crippen molar-refractivity contribution in [2.75, 3.05) is 11.4 Å². The number of benzene rings is 1. The molecule has 108 valence electrons. The van der Waals surface area contributed by atoms with Crippen LogP contribution in [0, 0.1) is 11.8 Å². The lowest BCUT2D eigenvalue weighted by Gasteiger charge is -2.35. The van der Waals surface area contributed by atoms with Gasteiger partial charge in [0.15, 0.2) is 0 Å². The molecule has 0 saturated heterocycles. The summed E-state index contributed by atoms with van der Waals surface area (Å²) in [5, 5.41) is 9.74. The highest BCUT2D eigenvalue weighted by atomic mass is 16.3. The standard InChI is InChI=1S/C18H25NO/c1-14(2)19-13-7-10-16-15(8-5-11-17(16)19)9-6-12-18(3,4)20/h5,8,11,14,20H,7,10,12-13H2,1-4H3. The number of hydrogen-bond acceptors (Lipinski definition) is 2. The fourth-order valence-electron chi connectivity index (χ4n) is 2.66. The predicted octanol–water partition coefficient (Wildman–Crippen LogP) is 3.36. The van der Waals surface area contributed by atoms with Gasteiger partial charge in [-0.2, -0.15) is 0 Å². The van der Waals surface area contributed by atoms with Gasteiger partial charge in [0.2, 0.25) is 0 Å². The van der Waals surface area contributed by atoms with Crippen molar-refractivity contribution in [3.63, 3.8) is 0 Å². The van der Waals surface area contributed by atoms with Gasteiger partial charge < -0.3 is 10.0 Å². The first-order valence-corrected chi connectivity index (χ1v) is 7.48. The molecule has 1 aromatic rings. The Kier molecular flexibility index (Phi) is 4.40. The van der Waals surface area contributed by atoms with E-state index >= 15 is 0 Å². The molecule has 0 amide bonds. The van der Waals surface area contributed by atoms with Crippen molar-refractivity contribution in [3.05, 3.63) is 29.3 Å². The number of hydrogen-bond donors (Lipinski definition) is 1. The molecule has 0 unspecified atom stereocenters. The SMILES string of the molecule is CC(C)N1CCCc2c(C#CCC(C)(C)O)cccc21. The molecule has 0 radical (unpaired) electrons. The molecule has 0 aliphatic carbocycles. The van der Waals surface area contributed by atoms with E-state index in [0.29, 0.717) is 12.5 Å². The first-order chi connectivity index (χ1) is 9.38. The monoisotopic (exact) mass is 271 g/mol. The molecule has 0 atom stereocenters. The zero-order chi connectivity index (χ0) is 14.8. The van der Waals surface area contributed by atoms with Gasteiger partial charge in [0, 0.05) is 30.3 Å². The number of anilines is 1. The van der Waals surface area contributed by atoms with Gasteiger partial charge >= 0.3 is 0 Å². The summed E-state index contributed by atoms with van der Waals surface area (Å²) in [5.41, 5.74) is 3.11. The van der Waals surface area contributed by atoms with Crippen LogP contribution in [0.4, 0.5) is 5.69 Å². The molecule has 1 aliphatic rings. The van der Waals surface area contributed by atoms with Crippen LogP contribution >= 0.6 is 0 Å². The van der Waals surface area contributed by atoms with Crippen molar-refractivity contribution >= 4 is 5.69 Å². The second-order valence-electron chi connectivity index (χ2n) is 6.48. The molecule has 2 rings (SSSR count). The fourth-order valence-corrected chi connectivity index (χ4v) is 2.66. The van der Waals surface area contributed by atoms with Gasteiger partial charge in [0.1, 0.15) is 0 Å². The highest BCUT2D eigenvalue weighted by Crippen LogP contribution is 2.30. The Morgan fingerprint density at radius 1 is 1.35 bits per heavy atom. The second kappa shape index (κ2) is 5.89. The van der Waals surface area contributed by atoms with Gasteiger partial charge in [0.05, 0.1) is 5.60 Å². The van der Waals surface area contributed by atoms with Crippen molar-refractivity contribution in [1.29, 1.82) is 0 Å². The van der Waals surface area contributed by atoms with E-state index in [9.17, 15) is 5.11 Å². The van der Waals surface area contributed by atoms with E-state index in [1.807, 2.05) is 0 Å². The molecule has 2 heteroatoms. The van der Waals surface area contributed by atoms with Gasteiger partial charge in [-0.05, 0) is 58.2 Å². The topological polar surface area (TPSA) is 23.5 Å². The molecule has 0 bridgehead atoms. The molecular formula is C18H25NO. The van der Waals surface area contributed by atoms with Crippen LogP contribution in [0.15, 0.2) is 18.2 Å². The average Bonchev–Trinajstić information content (AvgIpc) is 2.36. The quantitative estimate of drug-likeness (QED) is 0.834. The van der Waals surface area contributed by atoms with Crippen molar-refractivity contribution in [3.8, 4) is 11.8 Å². The van der Waals surface area contributed by atoms with Crippen LogP contribution in [0.25, 0.3) is 0 Å². The third kappa shape index (κ3) is 3.55. The van der Waals surface area contributed by atoms with Crippen molar-refractivity contribution in [2.45, 2.75) is 58.6 Å². The van der Waals surface area contributed by atoms with Crippen LogP contribution in [0.5, 0.6) is 0 Å². The molecule has 1 aromatic carbocycles. The third-order valence-electron chi connectivity index (χ3n) is 3.65. The van der Waals surface area contributed by atoms with Gasteiger partial charge in [-0.15, -0.1) is 0 Å². The van der Waals surface area contributed by atoms with Gasteiger partial charge in [-0.25, -0.2) is 0 Å². The summed E-state index contributed by atoms with van der Waals surface area (Å²) in [4.78, 5) is 2.46. The molecule has 0 aromatic heterocycles.